The van der Waals surface area contributed by atoms with Crippen molar-refractivity contribution in [2.45, 2.75) is 45.4 Å². The Labute approximate surface area is 211 Å². The van der Waals surface area contributed by atoms with Crippen LogP contribution < -0.4 is 10.6 Å². The van der Waals surface area contributed by atoms with Crippen molar-refractivity contribution in [3.05, 3.63) is 107 Å². The molecule has 3 rings (SSSR count). The van der Waals surface area contributed by atoms with E-state index in [0.29, 0.717) is 0 Å². The molecule has 0 aromatic heterocycles. The van der Waals surface area contributed by atoms with Crippen molar-refractivity contribution >= 4 is 18.0 Å². The molecule has 2 atom stereocenters. The highest BCUT2D eigenvalue weighted by atomic mass is 16.5. The van der Waals surface area contributed by atoms with E-state index in [0.717, 1.165) is 27.8 Å². The Balaban J connectivity index is 1.75. The first kappa shape index (κ1) is 26.5. The van der Waals surface area contributed by atoms with Crippen LogP contribution >= 0.6 is 0 Å². The van der Waals surface area contributed by atoms with Gasteiger partial charge in [-0.1, -0.05) is 78.9 Å². The highest BCUT2D eigenvalue weighted by Crippen LogP contribution is 2.16. The Morgan fingerprint density at radius 1 is 0.722 bits per heavy atom. The molecule has 0 aliphatic heterocycles. The summed E-state index contributed by atoms with van der Waals surface area (Å²) in [4.78, 5) is 38.5. The van der Waals surface area contributed by atoms with Gasteiger partial charge >= 0.3 is 12.1 Å². The fraction of sp³-hybridized carbons (Fsp3) is 0.276. The normalized spacial score (nSPS) is 12.2. The first-order valence-corrected chi connectivity index (χ1v) is 11.8. The molecule has 7 heteroatoms. The maximum Gasteiger partial charge on any atom is 0.408 e. The Hall–Kier alpha value is -4.13. The molecule has 2 N–H and O–H groups in total. The molecule has 36 heavy (non-hydrogen) atoms. The molecule has 0 spiro atoms. The van der Waals surface area contributed by atoms with Crippen molar-refractivity contribution in [3.63, 3.8) is 0 Å². The summed E-state index contributed by atoms with van der Waals surface area (Å²) < 4.78 is 10.3. The van der Waals surface area contributed by atoms with Gasteiger partial charge in [0.1, 0.15) is 18.7 Å². The van der Waals surface area contributed by atoms with Crippen LogP contribution in [0.4, 0.5) is 4.79 Å². The van der Waals surface area contributed by atoms with E-state index in [2.05, 4.69) is 10.6 Å². The van der Waals surface area contributed by atoms with Gasteiger partial charge in [-0.2, -0.15) is 0 Å². The Morgan fingerprint density at radius 3 is 1.89 bits per heavy atom. The maximum absolute atomic E-state index is 13.4. The minimum absolute atomic E-state index is 0.0731. The van der Waals surface area contributed by atoms with Crippen molar-refractivity contribution in [2.24, 2.45) is 0 Å². The molecule has 0 aliphatic rings. The van der Waals surface area contributed by atoms with Crippen molar-refractivity contribution in [3.8, 4) is 0 Å². The van der Waals surface area contributed by atoms with Crippen LogP contribution in [-0.2, 0) is 38.5 Å². The molecule has 0 heterocycles. The Morgan fingerprint density at radius 2 is 1.31 bits per heavy atom. The third-order valence-corrected chi connectivity index (χ3v) is 5.96. The van der Waals surface area contributed by atoms with Gasteiger partial charge in [-0.05, 0) is 41.7 Å². The summed E-state index contributed by atoms with van der Waals surface area (Å²) in [5.74, 6) is -1.06. The lowest BCUT2D eigenvalue weighted by molar-refractivity contribution is -0.145. The van der Waals surface area contributed by atoms with E-state index in [1.807, 2.05) is 92.7 Å². The number of hydrogen-bond acceptors (Lipinski definition) is 5. The molecular formula is C29H32N2O5. The number of amides is 2. The number of hydrogen-bond donors (Lipinski definition) is 2. The van der Waals surface area contributed by atoms with E-state index < -0.39 is 30.1 Å². The maximum atomic E-state index is 13.4. The molecule has 2 amide bonds. The summed E-state index contributed by atoms with van der Waals surface area (Å²) in [5, 5.41) is 5.45. The molecule has 0 saturated heterocycles. The lowest BCUT2D eigenvalue weighted by atomic mass is 9.96. The van der Waals surface area contributed by atoms with Crippen LogP contribution in [0.5, 0.6) is 0 Å². The van der Waals surface area contributed by atoms with Crippen molar-refractivity contribution in [1.82, 2.24) is 10.6 Å². The zero-order valence-corrected chi connectivity index (χ0v) is 20.8. The summed E-state index contributed by atoms with van der Waals surface area (Å²) in [6.07, 6.45) is -0.225. The number of nitrogens with one attached hydrogen (secondary N) is 2. The smallest absolute Gasteiger partial charge is 0.408 e. The number of carbonyl (C=O) groups is 3. The molecule has 0 unspecified atom stereocenters. The second kappa shape index (κ2) is 13.1. The second-order valence-corrected chi connectivity index (χ2v) is 8.61. The number of benzene rings is 3. The average molecular weight is 489 g/mol. The molecule has 0 aliphatic carbocycles. The van der Waals surface area contributed by atoms with Gasteiger partial charge in [0.05, 0.1) is 7.11 Å². The summed E-state index contributed by atoms with van der Waals surface area (Å²) >= 11 is 0. The predicted molar refractivity (Wildman–Crippen MR) is 137 cm³/mol. The van der Waals surface area contributed by atoms with Gasteiger partial charge in [0.15, 0.2) is 0 Å². The number of esters is 1. The van der Waals surface area contributed by atoms with Gasteiger partial charge in [-0.3, -0.25) is 4.79 Å². The largest absolute Gasteiger partial charge is 0.467 e. The lowest BCUT2D eigenvalue weighted by Gasteiger charge is -2.23. The van der Waals surface area contributed by atoms with Crippen molar-refractivity contribution < 1.29 is 23.9 Å². The predicted octanol–water partition coefficient (Wildman–Crippen LogP) is 4.04. The number of methoxy groups -OCH3 is 1. The van der Waals surface area contributed by atoms with Gasteiger partial charge in [0.25, 0.3) is 0 Å². The third kappa shape index (κ3) is 7.70. The van der Waals surface area contributed by atoms with Crippen LogP contribution in [0, 0.1) is 13.8 Å². The quantitative estimate of drug-likeness (QED) is 0.420. The fourth-order valence-corrected chi connectivity index (χ4v) is 3.95. The molecule has 3 aromatic rings. The molecular weight excluding hydrogens is 456 g/mol. The Bertz CT molecular complexity index is 1140. The molecule has 0 radical (unpaired) electrons. The van der Waals surface area contributed by atoms with E-state index in [4.69, 9.17) is 9.47 Å². The first-order chi connectivity index (χ1) is 17.4. The van der Waals surface area contributed by atoms with Crippen LogP contribution in [0.2, 0.25) is 0 Å². The van der Waals surface area contributed by atoms with Crippen LogP contribution in [0.3, 0.4) is 0 Å². The highest BCUT2D eigenvalue weighted by molar-refractivity contribution is 5.90. The molecule has 0 saturated carbocycles. The number of ether oxygens (including phenoxy) is 2. The average Bonchev–Trinajstić information content (AvgIpc) is 2.89. The van der Waals surface area contributed by atoms with Gasteiger partial charge in [0.2, 0.25) is 5.91 Å². The van der Waals surface area contributed by atoms with Crippen molar-refractivity contribution in [1.29, 1.82) is 0 Å². The molecule has 0 fully saturated rings. The monoisotopic (exact) mass is 488 g/mol. The first-order valence-electron chi connectivity index (χ1n) is 11.8. The minimum Gasteiger partial charge on any atom is -0.467 e. The molecule has 188 valence electrons. The van der Waals surface area contributed by atoms with E-state index in [1.165, 1.54) is 7.11 Å². The number of alkyl carbamates (subject to hydrolysis) is 1. The molecule has 7 nitrogen and oxygen atoms in total. The topological polar surface area (TPSA) is 93.7 Å². The third-order valence-electron chi connectivity index (χ3n) is 5.96. The zero-order valence-electron chi connectivity index (χ0n) is 20.8. The minimum atomic E-state index is -0.958. The fourth-order valence-electron chi connectivity index (χ4n) is 3.95. The number of aryl methyl sites for hydroxylation is 2. The van der Waals surface area contributed by atoms with Gasteiger partial charge in [-0.15, -0.1) is 0 Å². The van der Waals surface area contributed by atoms with Gasteiger partial charge in [0, 0.05) is 12.8 Å². The van der Waals surface area contributed by atoms with Crippen LogP contribution in [0.15, 0.2) is 78.9 Å². The summed E-state index contributed by atoms with van der Waals surface area (Å²) in [6, 6.07) is 22.6. The van der Waals surface area contributed by atoms with Crippen LogP contribution in [-0.4, -0.2) is 37.2 Å². The molecule has 0 bridgehead atoms. The van der Waals surface area contributed by atoms with E-state index in [1.54, 1.807) is 0 Å². The standard InChI is InChI=1S/C29H32N2O5/c1-20-11-10-12-21(2)24(20)18-26(28(33)35-3)30-27(32)25(17-22-13-6-4-7-14-22)31-29(34)36-19-23-15-8-5-9-16-23/h4-16,25-26H,17-19H2,1-3H3,(H,30,32)(H,31,34)/t25-,26+/m0/s1. The highest BCUT2D eigenvalue weighted by Gasteiger charge is 2.29. The van der Waals surface area contributed by atoms with Crippen LogP contribution in [0.1, 0.15) is 27.8 Å². The van der Waals surface area contributed by atoms with Crippen LogP contribution in [0.25, 0.3) is 0 Å². The number of carbonyl (C=O) groups excluding carboxylic acids is 3. The second-order valence-electron chi connectivity index (χ2n) is 8.61. The van der Waals surface area contributed by atoms with Gasteiger partial charge in [-0.25, -0.2) is 9.59 Å². The van der Waals surface area contributed by atoms with E-state index in [-0.39, 0.29) is 19.4 Å². The SMILES string of the molecule is COC(=O)[C@@H](Cc1c(C)cccc1C)NC(=O)[C@H](Cc1ccccc1)NC(=O)OCc1ccccc1. The summed E-state index contributed by atoms with van der Waals surface area (Å²) in [7, 11) is 1.28. The van der Waals surface area contributed by atoms with Gasteiger partial charge < -0.3 is 20.1 Å². The zero-order chi connectivity index (χ0) is 25.9. The van der Waals surface area contributed by atoms with E-state index in [9.17, 15) is 14.4 Å². The van der Waals surface area contributed by atoms with Crippen molar-refractivity contribution in [2.75, 3.05) is 7.11 Å². The molecule has 3 aromatic carbocycles. The number of rotatable bonds is 10. The Kier molecular flexibility index (Phi) is 9.63. The lowest BCUT2D eigenvalue weighted by Crippen LogP contribution is -2.53. The van der Waals surface area contributed by atoms with E-state index >= 15 is 0 Å². The summed E-state index contributed by atoms with van der Waals surface area (Å²) in [5.41, 5.74) is 4.67. The summed E-state index contributed by atoms with van der Waals surface area (Å²) in [6.45, 7) is 3.99.